The van der Waals surface area contributed by atoms with Crippen molar-refractivity contribution in [3.8, 4) is 11.8 Å². The van der Waals surface area contributed by atoms with Crippen LogP contribution in [0, 0.1) is 18.3 Å². The Labute approximate surface area is 160 Å². The number of pyridine rings is 1. The van der Waals surface area contributed by atoms with Crippen molar-refractivity contribution in [2.24, 2.45) is 0 Å². The number of H-pyrrole nitrogens is 2. The lowest BCUT2D eigenvalue weighted by atomic mass is 10.1. The number of benzene rings is 1. The van der Waals surface area contributed by atoms with Gasteiger partial charge in [-0.2, -0.15) is 5.26 Å². The maximum Gasteiger partial charge on any atom is 0.327 e. The normalized spacial score (nSPS) is 14.8. The number of aryl methyl sites for hydroxylation is 1. The van der Waals surface area contributed by atoms with E-state index in [1.54, 1.807) is 18.2 Å². The summed E-state index contributed by atoms with van der Waals surface area (Å²) in [7, 11) is 0. The Kier molecular flexibility index (Phi) is 4.57. The van der Waals surface area contributed by atoms with Gasteiger partial charge in [0.25, 0.3) is 5.56 Å². The van der Waals surface area contributed by atoms with Gasteiger partial charge in [-0.3, -0.25) is 14.8 Å². The van der Waals surface area contributed by atoms with Crippen LogP contribution in [-0.4, -0.2) is 34.1 Å². The number of aromatic amines is 2. The monoisotopic (exact) mass is 377 g/mol. The number of anilines is 1. The van der Waals surface area contributed by atoms with Crippen LogP contribution >= 0.6 is 0 Å². The fourth-order valence-corrected chi connectivity index (χ4v) is 3.52. The van der Waals surface area contributed by atoms with E-state index in [2.05, 4.69) is 25.9 Å². The zero-order valence-electron chi connectivity index (χ0n) is 15.4. The lowest BCUT2D eigenvalue weighted by Gasteiger charge is -2.33. The molecule has 8 heteroatoms. The van der Waals surface area contributed by atoms with Gasteiger partial charge in [0.1, 0.15) is 23.3 Å². The predicted octanol–water partition coefficient (Wildman–Crippen LogP) is 1.84. The van der Waals surface area contributed by atoms with Gasteiger partial charge in [0.05, 0.1) is 17.0 Å². The fourth-order valence-electron chi connectivity index (χ4n) is 3.52. The Morgan fingerprint density at radius 3 is 2.75 bits per heavy atom. The summed E-state index contributed by atoms with van der Waals surface area (Å²) in [6.45, 7) is 3.40. The molecule has 1 aliphatic heterocycles. The molecule has 0 bridgehead atoms. The minimum atomic E-state index is -0.563. The maximum absolute atomic E-state index is 11.9. The first-order chi connectivity index (χ1) is 13.5. The highest BCUT2D eigenvalue weighted by atomic mass is 16.5. The molecule has 0 saturated carbocycles. The van der Waals surface area contributed by atoms with E-state index in [-0.39, 0.29) is 6.10 Å². The smallest absolute Gasteiger partial charge is 0.327 e. The molecule has 3 heterocycles. The molecule has 0 unspecified atom stereocenters. The van der Waals surface area contributed by atoms with Crippen molar-refractivity contribution >= 4 is 16.9 Å². The number of hydrogen-bond donors (Lipinski definition) is 2. The third-order valence-electron chi connectivity index (χ3n) is 4.90. The van der Waals surface area contributed by atoms with Gasteiger partial charge in [-0.15, -0.1) is 0 Å². The predicted molar refractivity (Wildman–Crippen MR) is 105 cm³/mol. The molecule has 1 fully saturated rings. The molecular weight excluding hydrogens is 358 g/mol. The molecule has 0 spiro atoms. The number of fused-ring (bicyclic) bond motifs is 1. The standard InChI is InChI=1S/C20H19N5O3/c1-12-9-16-17(23-20(27)24-19(16)26)22-18(12)25-7-5-14(6-8-25)28-15-4-2-3-13(10-15)11-21/h2-4,9-10,14H,5-8H2,1H3,(H2,22,23,24,26,27). The van der Waals surface area contributed by atoms with E-state index >= 15 is 0 Å². The van der Waals surface area contributed by atoms with Crippen molar-refractivity contribution in [3.05, 3.63) is 62.3 Å². The Morgan fingerprint density at radius 1 is 1.21 bits per heavy atom. The van der Waals surface area contributed by atoms with E-state index in [0.717, 1.165) is 37.3 Å². The van der Waals surface area contributed by atoms with Gasteiger partial charge >= 0.3 is 5.69 Å². The minimum absolute atomic E-state index is 0.0635. The first kappa shape index (κ1) is 17.8. The Bertz CT molecular complexity index is 1180. The SMILES string of the molecule is Cc1cc2c(=O)[nH]c(=O)[nH]c2nc1N1CCC(Oc2cccc(C#N)c2)CC1. The highest BCUT2D eigenvalue weighted by Gasteiger charge is 2.23. The largest absolute Gasteiger partial charge is 0.490 e. The van der Waals surface area contributed by atoms with Crippen molar-refractivity contribution in [2.45, 2.75) is 25.9 Å². The lowest BCUT2D eigenvalue weighted by Crippen LogP contribution is -2.39. The molecule has 1 aromatic carbocycles. The number of piperidine rings is 1. The zero-order valence-corrected chi connectivity index (χ0v) is 15.4. The average molecular weight is 377 g/mol. The van der Waals surface area contributed by atoms with Crippen molar-refractivity contribution in [1.29, 1.82) is 5.26 Å². The van der Waals surface area contributed by atoms with Gasteiger partial charge < -0.3 is 9.64 Å². The number of nitrogens with one attached hydrogen (secondary N) is 2. The molecule has 142 valence electrons. The Hall–Kier alpha value is -3.60. The summed E-state index contributed by atoms with van der Waals surface area (Å²) in [6.07, 6.45) is 1.68. The van der Waals surface area contributed by atoms with E-state index in [1.165, 1.54) is 0 Å². The summed E-state index contributed by atoms with van der Waals surface area (Å²) in [5.41, 5.74) is 0.751. The Balaban J connectivity index is 1.50. The van der Waals surface area contributed by atoms with Crippen molar-refractivity contribution in [3.63, 3.8) is 0 Å². The number of nitrogens with zero attached hydrogens (tertiary/aromatic N) is 3. The van der Waals surface area contributed by atoms with Gasteiger partial charge in [0, 0.05) is 25.9 Å². The van der Waals surface area contributed by atoms with Gasteiger partial charge in [-0.05, 0) is 36.8 Å². The minimum Gasteiger partial charge on any atom is -0.490 e. The van der Waals surface area contributed by atoms with E-state index in [4.69, 9.17) is 10.00 Å². The zero-order chi connectivity index (χ0) is 19.7. The Morgan fingerprint density at radius 2 is 2.00 bits per heavy atom. The van der Waals surface area contributed by atoms with Crippen LogP contribution in [0.2, 0.25) is 0 Å². The van der Waals surface area contributed by atoms with Gasteiger partial charge in [0.2, 0.25) is 0 Å². The summed E-state index contributed by atoms with van der Waals surface area (Å²) in [5.74, 6) is 1.47. The van der Waals surface area contributed by atoms with E-state index < -0.39 is 11.2 Å². The second kappa shape index (κ2) is 7.19. The molecule has 0 atom stereocenters. The second-order valence-corrected chi connectivity index (χ2v) is 6.88. The first-order valence-corrected chi connectivity index (χ1v) is 9.09. The highest BCUT2D eigenvalue weighted by Crippen LogP contribution is 2.25. The highest BCUT2D eigenvalue weighted by molar-refractivity contribution is 5.77. The summed E-state index contributed by atoms with van der Waals surface area (Å²) >= 11 is 0. The number of nitriles is 1. The first-order valence-electron chi connectivity index (χ1n) is 9.09. The topological polar surface area (TPSA) is 115 Å². The molecule has 0 radical (unpaired) electrons. The molecule has 1 saturated heterocycles. The molecule has 1 aliphatic rings. The molecule has 2 aromatic heterocycles. The second-order valence-electron chi connectivity index (χ2n) is 6.88. The average Bonchev–Trinajstić information content (AvgIpc) is 2.69. The summed E-state index contributed by atoms with van der Waals surface area (Å²) in [5, 5.41) is 9.37. The summed E-state index contributed by atoms with van der Waals surface area (Å²) in [6, 6.07) is 11.0. The number of ether oxygens (including phenoxy) is 1. The molecule has 3 aromatic rings. The van der Waals surface area contributed by atoms with Crippen LogP contribution in [0.25, 0.3) is 11.0 Å². The summed E-state index contributed by atoms with van der Waals surface area (Å²) < 4.78 is 6.02. The van der Waals surface area contributed by atoms with Crippen molar-refractivity contribution < 1.29 is 4.74 Å². The fraction of sp³-hybridized carbons (Fsp3) is 0.300. The van der Waals surface area contributed by atoms with Crippen LogP contribution in [0.15, 0.2) is 39.9 Å². The van der Waals surface area contributed by atoms with Crippen molar-refractivity contribution in [2.75, 3.05) is 18.0 Å². The van der Waals surface area contributed by atoms with E-state index in [0.29, 0.717) is 22.3 Å². The molecule has 4 rings (SSSR count). The van der Waals surface area contributed by atoms with Crippen LogP contribution < -0.4 is 20.9 Å². The van der Waals surface area contributed by atoms with Crippen LogP contribution in [0.5, 0.6) is 5.75 Å². The van der Waals surface area contributed by atoms with Crippen molar-refractivity contribution in [1.82, 2.24) is 15.0 Å². The van der Waals surface area contributed by atoms with Crippen LogP contribution in [-0.2, 0) is 0 Å². The maximum atomic E-state index is 11.9. The molecule has 0 aliphatic carbocycles. The molecule has 28 heavy (non-hydrogen) atoms. The summed E-state index contributed by atoms with van der Waals surface area (Å²) in [4.78, 5) is 34.9. The van der Waals surface area contributed by atoms with Gasteiger partial charge in [-0.1, -0.05) is 6.07 Å². The third kappa shape index (κ3) is 3.47. The number of rotatable bonds is 3. The van der Waals surface area contributed by atoms with Crippen LogP contribution in [0.4, 0.5) is 5.82 Å². The number of hydrogen-bond acceptors (Lipinski definition) is 6. The van der Waals surface area contributed by atoms with E-state index in [1.807, 2.05) is 19.1 Å². The molecule has 0 amide bonds. The molecular formula is C20H19N5O3. The van der Waals surface area contributed by atoms with Crippen LogP contribution in [0.3, 0.4) is 0 Å². The van der Waals surface area contributed by atoms with Gasteiger partial charge in [-0.25, -0.2) is 9.78 Å². The van der Waals surface area contributed by atoms with Crippen LogP contribution in [0.1, 0.15) is 24.0 Å². The van der Waals surface area contributed by atoms with E-state index in [9.17, 15) is 9.59 Å². The van der Waals surface area contributed by atoms with Gasteiger partial charge in [0.15, 0.2) is 0 Å². The molecule has 2 N–H and O–H groups in total. The third-order valence-corrected chi connectivity index (χ3v) is 4.90. The number of aromatic nitrogens is 3. The quantitative estimate of drug-likeness (QED) is 0.720. The molecule has 8 nitrogen and oxygen atoms in total. The lowest BCUT2D eigenvalue weighted by molar-refractivity contribution is 0.170.